The summed E-state index contributed by atoms with van der Waals surface area (Å²) in [6.07, 6.45) is 2.92. The van der Waals surface area contributed by atoms with Crippen LogP contribution < -0.4 is 5.32 Å². The molecule has 0 radical (unpaired) electrons. The number of para-hydroxylation sites is 1. The van der Waals surface area contributed by atoms with Crippen molar-refractivity contribution in [1.82, 2.24) is 10.2 Å². The summed E-state index contributed by atoms with van der Waals surface area (Å²) in [4.78, 5) is 24.6. The van der Waals surface area contributed by atoms with Crippen LogP contribution in [0.5, 0.6) is 0 Å². The molecule has 0 spiro atoms. The minimum atomic E-state index is -0.446. The molecule has 1 amide bonds. The van der Waals surface area contributed by atoms with Crippen LogP contribution in [0.15, 0.2) is 30.3 Å². The fraction of sp³-hybridized carbons (Fsp3) is 0.400. The van der Waals surface area contributed by atoms with E-state index in [9.17, 15) is 14.9 Å². The second-order valence-corrected chi connectivity index (χ2v) is 5.63. The molecule has 21 heavy (non-hydrogen) atoms. The van der Waals surface area contributed by atoms with Crippen LogP contribution in [0.1, 0.15) is 19.4 Å². The average Bonchev–Trinajstić information content (AvgIpc) is 2.44. The zero-order valence-corrected chi connectivity index (χ0v) is 12.2. The molecule has 6 heteroatoms. The van der Waals surface area contributed by atoms with Gasteiger partial charge < -0.3 is 10.2 Å². The second-order valence-electron chi connectivity index (χ2n) is 5.63. The van der Waals surface area contributed by atoms with E-state index in [0.717, 1.165) is 13.1 Å². The van der Waals surface area contributed by atoms with E-state index >= 15 is 0 Å². The number of nitrogens with zero attached hydrogens (tertiary/aromatic N) is 2. The van der Waals surface area contributed by atoms with Crippen molar-refractivity contribution in [2.45, 2.75) is 19.4 Å². The highest BCUT2D eigenvalue weighted by Gasteiger charge is 2.31. The minimum Gasteiger partial charge on any atom is -0.331 e. The number of benzene rings is 1. The predicted octanol–water partition coefficient (Wildman–Crippen LogP) is 1.82. The first kappa shape index (κ1) is 15.2. The van der Waals surface area contributed by atoms with Gasteiger partial charge in [0.05, 0.1) is 16.0 Å². The standard InChI is InChI=1S/C15H19N3O3/c1-15(2)11-16-9-10-17(15)14(19)8-7-12-5-3-4-6-13(12)18(20)21/h3-8,16H,9-11H2,1-2H3. The summed E-state index contributed by atoms with van der Waals surface area (Å²) in [6, 6.07) is 6.38. The number of hydrogen-bond acceptors (Lipinski definition) is 4. The number of amides is 1. The smallest absolute Gasteiger partial charge is 0.276 e. The summed E-state index contributed by atoms with van der Waals surface area (Å²) in [5, 5.41) is 14.2. The quantitative estimate of drug-likeness (QED) is 0.523. The van der Waals surface area contributed by atoms with Crippen molar-refractivity contribution in [3.8, 4) is 0 Å². The number of rotatable bonds is 3. The topological polar surface area (TPSA) is 75.5 Å². The maximum Gasteiger partial charge on any atom is 0.276 e. The third kappa shape index (κ3) is 3.46. The van der Waals surface area contributed by atoms with Gasteiger partial charge in [0.2, 0.25) is 5.91 Å². The highest BCUT2D eigenvalue weighted by Crippen LogP contribution is 2.20. The molecule has 1 aliphatic rings. The van der Waals surface area contributed by atoms with Gasteiger partial charge in [-0.25, -0.2) is 0 Å². The Morgan fingerprint density at radius 2 is 2.14 bits per heavy atom. The van der Waals surface area contributed by atoms with Crippen LogP contribution in [0, 0.1) is 10.1 Å². The zero-order valence-electron chi connectivity index (χ0n) is 12.2. The van der Waals surface area contributed by atoms with Gasteiger partial charge in [0.25, 0.3) is 5.69 Å². The molecule has 0 atom stereocenters. The Labute approximate surface area is 123 Å². The average molecular weight is 289 g/mol. The van der Waals surface area contributed by atoms with Crippen LogP contribution in [0.2, 0.25) is 0 Å². The summed E-state index contributed by atoms with van der Waals surface area (Å²) in [5.41, 5.74) is 0.173. The molecular weight excluding hydrogens is 270 g/mol. The monoisotopic (exact) mass is 289 g/mol. The number of carbonyl (C=O) groups is 1. The number of nitrogens with one attached hydrogen (secondary N) is 1. The van der Waals surface area contributed by atoms with Gasteiger partial charge >= 0.3 is 0 Å². The highest BCUT2D eigenvalue weighted by atomic mass is 16.6. The van der Waals surface area contributed by atoms with Gasteiger partial charge in [0.15, 0.2) is 0 Å². The third-order valence-electron chi connectivity index (χ3n) is 3.61. The lowest BCUT2D eigenvalue weighted by molar-refractivity contribution is -0.385. The van der Waals surface area contributed by atoms with Gasteiger partial charge in [-0.15, -0.1) is 0 Å². The molecule has 0 aromatic heterocycles. The normalized spacial score (nSPS) is 17.9. The van der Waals surface area contributed by atoms with Crippen molar-refractivity contribution >= 4 is 17.7 Å². The SMILES string of the molecule is CC1(C)CNCCN1C(=O)C=Cc1ccccc1[N+](=O)[O-]. The van der Waals surface area contributed by atoms with E-state index in [1.807, 2.05) is 13.8 Å². The first-order chi connectivity index (χ1) is 9.92. The molecule has 1 N–H and O–H groups in total. The van der Waals surface area contributed by atoms with Crippen LogP contribution in [-0.2, 0) is 4.79 Å². The van der Waals surface area contributed by atoms with Gasteiger partial charge in [-0.3, -0.25) is 14.9 Å². The predicted molar refractivity (Wildman–Crippen MR) is 80.8 cm³/mol. The molecule has 1 aliphatic heterocycles. The lowest BCUT2D eigenvalue weighted by Gasteiger charge is -2.42. The molecule has 6 nitrogen and oxygen atoms in total. The van der Waals surface area contributed by atoms with Gasteiger partial charge in [0, 0.05) is 31.8 Å². The van der Waals surface area contributed by atoms with E-state index in [0.29, 0.717) is 12.1 Å². The summed E-state index contributed by atoms with van der Waals surface area (Å²) >= 11 is 0. The highest BCUT2D eigenvalue weighted by molar-refractivity contribution is 5.93. The maximum atomic E-state index is 12.3. The molecule has 0 saturated carbocycles. The molecule has 2 rings (SSSR count). The summed E-state index contributed by atoms with van der Waals surface area (Å²) in [7, 11) is 0. The molecule has 1 aromatic rings. The lowest BCUT2D eigenvalue weighted by atomic mass is 10.00. The molecule has 1 aromatic carbocycles. The first-order valence-electron chi connectivity index (χ1n) is 6.86. The van der Waals surface area contributed by atoms with Crippen LogP contribution in [0.3, 0.4) is 0 Å². The minimum absolute atomic E-state index is 0.00104. The molecule has 1 heterocycles. The van der Waals surface area contributed by atoms with Crippen molar-refractivity contribution in [2.75, 3.05) is 19.6 Å². The van der Waals surface area contributed by atoms with Gasteiger partial charge in [0.1, 0.15) is 0 Å². The molecule has 1 fully saturated rings. The molecule has 0 unspecified atom stereocenters. The van der Waals surface area contributed by atoms with Crippen molar-refractivity contribution in [3.63, 3.8) is 0 Å². The second kappa shape index (κ2) is 6.05. The Balaban J connectivity index is 2.18. The summed E-state index contributed by atoms with van der Waals surface area (Å²) < 4.78 is 0. The fourth-order valence-electron chi connectivity index (χ4n) is 2.44. The lowest BCUT2D eigenvalue weighted by Crippen LogP contribution is -2.59. The van der Waals surface area contributed by atoms with Crippen LogP contribution in [0.4, 0.5) is 5.69 Å². The Kier molecular flexibility index (Phi) is 4.37. The Hall–Kier alpha value is -2.21. The van der Waals surface area contributed by atoms with E-state index in [2.05, 4.69) is 5.32 Å². The van der Waals surface area contributed by atoms with Gasteiger partial charge in [-0.1, -0.05) is 12.1 Å². The molecule has 0 bridgehead atoms. The number of carbonyl (C=O) groups excluding carboxylic acids is 1. The van der Waals surface area contributed by atoms with Gasteiger partial charge in [-0.05, 0) is 26.0 Å². The first-order valence-corrected chi connectivity index (χ1v) is 6.86. The summed E-state index contributed by atoms with van der Waals surface area (Å²) in [6.45, 7) is 6.12. The number of nitro groups is 1. The van der Waals surface area contributed by atoms with Crippen LogP contribution >= 0.6 is 0 Å². The number of nitro benzene ring substituents is 1. The van der Waals surface area contributed by atoms with Crippen molar-refractivity contribution in [2.24, 2.45) is 0 Å². The molecular formula is C15H19N3O3. The largest absolute Gasteiger partial charge is 0.331 e. The fourth-order valence-corrected chi connectivity index (χ4v) is 2.44. The third-order valence-corrected chi connectivity index (χ3v) is 3.61. The molecule has 1 saturated heterocycles. The molecule has 0 aliphatic carbocycles. The number of hydrogen-bond donors (Lipinski definition) is 1. The van der Waals surface area contributed by atoms with E-state index in [1.54, 1.807) is 23.1 Å². The maximum absolute atomic E-state index is 12.3. The van der Waals surface area contributed by atoms with E-state index in [1.165, 1.54) is 18.2 Å². The van der Waals surface area contributed by atoms with Crippen LogP contribution in [-0.4, -0.2) is 40.9 Å². The Morgan fingerprint density at radius 1 is 1.43 bits per heavy atom. The van der Waals surface area contributed by atoms with Crippen LogP contribution in [0.25, 0.3) is 6.08 Å². The Bertz CT molecular complexity index is 581. The summed E-state index contributed by atoms with van der Waals surface area (Å²) in [5.74, 6) is -0.125. The molecule has 112 valence electrons. The van der Waals surface area contributed by atoms with Crippen molar-refractivity contribution in [3.05, 3.63) is 46.0 Å². The zero-order chi connectivity index (χ0) is 15.5. The van der Waals surface area contributed by atoms with Crippen molar-refractivity contribution < 1.29 is 9.72 Å². The van der Waals surface area contributed by atoms with E-state index in [-0.39, 0.29) is 17.1 Å². The van der Waals surface area contributed by atoms with Gasteiger partial charge in [-0.2, -0.15) is 0 Å². The van der Waals surface area contributed by atoms with Crippen molar-refractivity contribution in [1.29, 1.82) is 0 Å². The Morgan fingerprint density at radius 3 is 2.81 bits per heavy atom. The van der Waals surface area contributed by atoms with E-state index < -0.39 is 4.92 Å². The van der Waals surface area contributed by atoms with E-state index in [4.69, 9.17) is 0 Å². The number of piperazine rings is 1.